The highest BCUT2D eigenvalue weighted by molar-refractivity contribution is 5.95. The molecule has 2 atom stereocenters. The number of carbonyl (C=O) groups is 3. The summed E-state index contributed by atoms with van der Waals surface area (Å²) in [7, 11) is 0. The first kappa shape index (κ1) is 27.8. The highest BCUT2D eigenvalue weighted by Gasteiger charge is 2.38. The lowest BCUT2D eigenvalue weighted by Crippen LogP contribution is -2.45. The molecular weight excluding hydrogens is 510 g/mol. The van der Waals surface area contributed by atoms with Crippen molar-refractivity contribution in [2.45, 2.75) is 64.6 Å². The average molecular weight is 550 g/mol. The molecule has 3 aliphatic heterocycles. The van der Waals surface area contributed by atoms with Crippen LogP contribution in [0, 0.1) is 11.8 Å². The number of ether oxygens (including phenoxy) is 3. The Balaban J connectivity index is 1.38. The fourth-order valence-corrected chi connectivity index (χ4v) is 4.94. The lowest BCUT2D eigenvalue weighted by atomic mass is 10.1. The van der Waals surface area contributed by atoms with Crippen molar-refractivity contribution in [2.75, 3.05) is 26.3 Å². The van der Waals surface area contributed by atoms with Crippen LogP contribution in [0.2, 0.25) is 0 Å². The van der Waals surface area contributed by atoms with Crippen LogP contribution in [-0.2, 0) is 16.1 Å². The van der Waals surface area contributed by atoms with Crippen molar-refractivity contribution in [1.82, 2.24) is 15.5 Å². The summed E-state index contributed by atoms with van der Waals surface area (Å²) < 4.78 is 18.0. The van der Waals surface area contributed by atoms with Crippen LogP contribution < -0.4 is 24.8 Å². The van der Waals surface area contributed by atoms with E-state index < -0.39 is 12.1 Å². The normalized spacial score (nSPS) is 21.1. The molecule has 0 radical (unpaired) electrons. The highest BCUT2D eigenvalue weighted by atomic mass is 16.5. The predicted molar refractivity (Wildman–Crippen MR) is 149 cm³/mol. The second-order valence-electron chi connectivity index (χ2n) is 11.5. The number of likely N-dealkylation sites (tertiary alicyclic amines) is 1. The van der Waals surface area contributed by atoms with Crippen LogP contribution in [0.4, 0.5) is 0 Å². The lowest BCUT2D eigenvalue weighted by Gasteiger charge is -2.21. The first-order valence-electron chi connectivity index (χ1n) is 14.3. The number of rotatable bonds is 7. The van der Waals surface area contributed by atoms with Crippen molar-refractivity contribution in [3.63, 3.8) is 0 Å². The summed E-state index contributed by atoms with van der Waals surface area (Å²) >= 11 is 0. The largest absolute Gasteiger partial charge is 0.493 e. The number of hydrogen-bond donors (Lipinski definition) is 2. The fraction of sp³-hybridized carbons (Fsp3) is 0.516. The van der Waals surface area contributed by atoms with Gasteiger partial charge in [0.15, 0.2) is 6.61 Å². The van der Waals surface area contributed by atoms with Gasteiger partial charge in [-0.05, 0) is 60.9 Å². The molecule has 1 saturated carbocycles. The fourth-order valence-electron chi connectivity index (χ4n) is 4.94. The molecule has 4 aliphatic rings. The Labute approximate surface area is 235 Å². The van der Waals surface area contributed by atoms with Crippen LogP contribution in [-0.4, -0.2) is 61.1 Å². The third-order valence-corrected chi connectivity index (χ3v) is 7.50. The summed E-state index contributed by atoms with van der Waals surface area (Å²) in [5, 5.41) is 5.95. The molecule has 9 nitrogen and oxygen atoms in total. The van der Waals surface area contributed by atoms with E-state index in [1.807, 2.05) is 24.3 Å². The molecule has 1 aliphatic carbocycles. The Morgan fingerprint density at radius 1 is 1.07 bits per heavy atom. The lowest BCUT2D eigenvalue weighted by molar-refractivity contribution is -0.130. The number of amides is 3. The van der Waals surface area contributed by atoms with Gasteiger partial charge < -0.3 is 29.7 Å². The number of benzene rings is 2. The SMILES string of the molecule is CC(C)CCCC(=O)N1C[C@@H]2NC(=O)c3cc(cc(OCC4CC4)c3)OCC(=O)NCc3ccc(cc3)O[C@H]2C1. The summed E-state index contributed by atoms with van der Waals surface area (Å²) in [6, 6.07) is 12.1. The summed E-state index contributed by atoms with van der Waals surface area (Å²) in [5.74, 6) is 2.10. The van der Waals surface area contributed by atoms with Crippen LogP contribution >= 0.6 is 0 Å². The third-order valence-electron chi connectivity index (χ3n) is 7.50. The Kier molecular flexibility index (Phi) is 8.77. The summed E-state index contributed by atoms with van der Waals surface area (Å²) in [6.07, 6.45) is 4.18. The Morgan fingerprint density at radius 2 is 1.88 bits per heavy atom. The molecule has 2 N–H and O–H groups in total. The van der Waals surface area contributed by atoms with Crippen LogP contribution in [0.15, 0.2) is 42.5 Å². The first-order valence-corrected chi connectivity index (χ1v) is 14.3. The van der Waals surface area contributed by atoms with Crippen molar-refractivity contribution in [2.24, 2.45) is 11.8 Å². The van der Waals surface area contributed by atoms with Gasteiger partial charge in [-0.25, -0.2) is 0 Å². The molecule has 3 heterocycles. The minimum absolute atomic E-state index is 0.0744. The molecule has 3 amide bonds. The number of hydrogen-bond acceptors (Lipinski definition) is 6. The van der Waals surface area contributed by atoms with Gasteiger partial charge in [-0.1, -0.05) is 32.4 Å². The van der Waals surface area contributed by atoms with Crippen molar-refractivity contribution in [3.05, 3.63) is 53.6 Å². The topological polar surface area (TPSA) is 106 Å². The zero-order valence-corrected chi connectivity index (χ0v) is 23.3. The molecule has 2 aromatic rings. The molecule has 6 rings (SSSR count). The molecule has 40 heavy (non-hydrogen) atoms. The summed E-state index contributed by atoms with van der Waals surface area (Å²) in [5.41, 5.74) is 1.28. The van der Waals surface area contributed by atoms with E-state index in [4.69, 9.17) is 14.2 Å². The Morgan fingerprint density at radius 3 is 2.62 bits per heavy atom. The van der Waals surface area contributed by atoms with E-state index >= 15 is 0 Å². The van der Waals surface area contributed by atoms with Gasteiger partial charge in [0.1, 0.15) is 23.4 Å². The zero-order chi connectivity index (χ0) is 28.1. The second-order valence-corrected chi connectivity index (χ2v) is 11.5. The van der Waals surface area contributed by atoms with E-state index in [-0.39, 0.29) is 24.3 Å². The van der Waals surface area contributed by atoms with Crippen molar-refractivity contribution in [3.8, 4) is 17.2 Å². The Hall–Kier alpha value is -3.75. The number of nitrogens with zero attached hydrogens (tertiary/aromatic N) is 1. The maximum Gasteiger partial charge on any atom is 0.258 e. The zero-order valence-electron chi connectivity index (χ0n) is 23.3. The molecule has 214 valence electrons. The minimum atomic E-state index is -0.413. The van der Waals surface area contributed by atoms with Crippen LogP contribution in [0.5, 0.6) is 17.2 Å². The van der Waals surface area contributed by atoms with E-state index in [0.29, 0.717) is 67.3 Å². The highest BCUT2D eigenvalue weighted by Crippen LogP contribution is 2.31. The molecule has 2 aromatic carbocycles. The van der Waals surface area contributed by atoms with Crippen molar-refractivity contribution >= 4 is 17.7 Å². The van der Waals surface area contributed by atoms with Crippen LogP contribution in [0.25, 0.3) is 0 Å². The van der Waals surface area contributed by atoms with Crippen molar-refractivity contribution in [1.29, 1.82) is 0 Å². The van der Waals surface area contributed by atoms with E-state index in [2.05, 4.69) is 24.5 Å². The van der Waals surface area contributed by atoms with Crippen molar-refractivity contribution < 1.29 is 28.6 Å². The molecule has 1 saturated heterocycles. The second kappa shape index (κ2) is 12.6. The molecule has 9 heteroatoms. The Bertz CT molecular complexity index is 1210. The molecule has 4 bridgehead atoms. The van der Waals surface area contributed by atoms with E-state index in [1.54, 1.807) is 23.1 Å². The maximum atomic E-state index is 13.5. The summed E-state index contributed by atoms with van der Waals surface area (Å²) in [4.78, 5) is 40.8. The molecule has 2 fully saturated rings. The van der Waals surface area contributed by atoms with E-state index in [1.165, 1.54) is 0 Å². The third kappa shape index (κ3) is 7.67. The van der Waals surface area contributed by atoms with E-state index in [0.717, 1.165) is 31.2 Å². The van der Waals surface area contributed by atoms with Gasteiger partial charge in [0.05, 0.1) is 19.2 Å². The monoisotopic (exact) mass is 549 g/mol. The standard InChI is InChI=1S/C31H39N3O6/c1-20(2)4-3-5-30(36)34-16-27-28(17-34)40-24-10-8-21(9-11-24)15-32-29(35)19-39-26-13-23(31(37)33-27)12-25(14-26)38-18-22-6-7-22/h8-14,20,22,27-28H,3-7,15-19H2,1-2H3,(H,32,35)(H,33,37)/t27-,28-/m0/s1. The van der Waals surface area contributed by atoms with Gasteiger partial charge >= 0.3 is 0 Å². The van der Waals surface area contributed by atoms with Gasteiger partial charge in [-0.3, -0.25) is 14.4 Å². The van der Waals surface area contributed by atoms with Gasteiger partial charge in [0.2, 0.25) is 5.91 Å². The molecule has 0 unspecified atom stereocenters. The van der Waals surface area contributed by atoms with Gasteiger partial charge in [-0.2, -0.15) is 0 Å². The van der Waals surface area contributed by atoms with Gasteiger partial charge in [0.25, 0.3) is 11.8 Å². The maximum absolute atomic E-state index is 13.5. The number of nitrogens with one attached hydrogen (secondary N) is 2. The molecular formula is C31H39N3O6. The van der Waals surface area contributed by atoms with Crippen LogP contribution in [0.3, 0.4) is 0 Å². The number of fused-ring (bicyclic) bond motifs is 7. The smallest absolute Gasteiger partial charge is 0.258 e. The van der Waals surface area contributed by atoms with Gasteiger partial charge in [0, 0.05) is 31.1 Å². The van der Waals surface area contributed by atoms with E-state index in [9.17, 15) is 14.4 Å². The first-order chi connectivity index (χ1) is 19.3. The molecule has 0 spiro atoms. The van der Waals surface area contributed by atoms with Crippen LogP contribution in [0.1, 0.15) is 61.9 Å². The predicted octanol–water partition coefficient (Wildman–Crippen LogP) is 3.70. The minimum Gasteiger partial charge on any atom is -0.493 e. The quantitative estimate of drug-likeness (QED) is 0.546. The average Bonchev–Trinajstić information content (AvgIpc) is 3.69. The summed E-state index contributed by atoms with van der Waals surface area (Å²) in [6.45, 7) is 5.81. The van der Waals surface area contributed by atoms with Gasteiger partial charge in [-0.15, -0.1) is 0 Å². The molecule has 0 aromatic heterocycles. The number of carbonyl (C=O) groups excluding carboxylic acids is 3.